The molecule has 2 aliphatic rings. The monoisotopic (exact) mass is 268 g/mol. The van der Waals surface area contributed by atoms with Crippen molar-refractivity contribution in [2.24, 2.45) is 0 Å². The van der Waals surface area contributed by atoms with Gasteiger partial charge in [-0.3, -0.25) is 19.9 Å². The summed E-state index contributed by atoms with van der Waals surface area (Å²) in [5, 5.41) is 2.32. The van der Waals surface area contributed by atoms with E-state index < -0.39 is 17.1 Å². The van der Waals surface area contributed by atoms with Crippen LogP contribution >= 0.6 is 0 Å². The Hall–Kier alpha value is -2.56. The predicted octanol–water partition coefficient (Wildman–Crippen LogP) is 1.53. The number of nitrogens with zero attached hydrogens (tertiary/aromatic N) is 1. The summed E-state index contributed by atoms with van der Waals surface area (Å²) in [6, 6.07) is 6.13. The molecule has 2 aromatic rings. The van der Waals surface area contributed by atoms with Gasteiger partial charge in [-0.1, -0.05) is 6.07 Å². The molecule has 1 fully saturated rings. The number of imide groups is 1. The summed E-state index contributed by atoms with van der Waals surface area (Å²) in [5.41, 5.74) is 1.71. The number of carbonyl (C=O) groups excluding carboxylic acids is 2. The van der Waals surface area contributed by atoms with Crippen molar-refractivity contribution in [2.75, 3.05) is 0 Å². The molecule has 4 rings (SSSR count). The SMILES string of the molecule is O=C1CC2(C(=O)N1)c1cnccc1-c1ccc(F)cc12. The molecule has 1 aliphatic carbocycles. The van der Waals surface area contributed by atoms with Crippen molar-refractivity contribution in [2.45, 2.75) is 11.8 Å². The van der Waals surface area contributed by atoms with E-state index >= 15 is 0 Å². The summed E-state index contributed by atoms with van der Waals surface area (Å²) < 4.78 is 13.6. The molecule has 2 amide bonds. The van der Waals surface area contributed by atoms with Gasteiger partial charge in [-0.15, -0.1) is 0 Å². The Morgan fingerprint density at radius 1 is 1.15 bits per heavy atom. The van der Waals surface area contributed by atoms with Gasteiger partial charge in [-0.25, -0.2) is 4.39 Å². The summed E-state index contributed by atoms with van der Waals surface area (Å²) in [6.07, 6.45) is 3.21. The summed E-state index contributed by atoms with van der Waals surface area (Å²) in [7, 11) is 0. The molecular formula is C15H9FN2O2. The Labute approximate surface area is 113 Å². The molecule has 20 heavy (non-hydrogen) atoms. The smallest absolute Gasteiger partial charge is 0.242 e. The summed E-state index contributed by atoms with van der Waals surface area (Å²) >= 11 is 0. The third-order valence-corrected chi connectivity index (χ3v) is 4.08. The molecule has 1 aromatic heterocycles. The van der Waals surface area contributed by atoms with Crippen molar-refractivity contribution in [1.82, 2.24) is 10.3 Å². The molecule has 1 N–H and O–H groups in total. The number of amides is 2. The van der Waals surface area contributed by atoms with Crippen LogP contribution in [0.2, 0.25) is 0 Å². The molecule has 0 bridgehead atoms. The number of aromatic nitrogens is 1. The highest BCUT2D eigenvalue weighted by atomic mass is 19.1. The number of pyridine rings is 1. The van der Waals surface area contributed by atoms with Crippen LogP contribution in [0.1, 0.15) is 17.5 Å². The molecule has 0 radical (unpaired) electrons. The third-order valence-electron chi connectivity index (χ3n) is 4.08. The van der Waals surface area contributed by atoms with Crippen LogP contribution in [-0.4, -0.2) is 16.8 Å². The van der Waals surface area contributed by atoms with Crippen LogP contribution in [0.5, 0.6) is 0 Å². The summed E-state index contributed by atoms with van der Waals surface area (Å²) in [5.74, 6) is -1.17. The first kappa shape index (κ1) is 11.3. The highest BCUT2D eigenvalue weighted by Crippen LogP contribution is 2.52. The minimum atomic E-state index is -1.13. The van der Waals surface area contributed by atoms with Gasteiger partial charge in [0, 0.05) is 18.8 Å². The lowest BCUT2D eigenvalue weighted by Gasteiger charge is -2.21. The number of rotatable bonds is 0. The van der Waals surface area contributed by atoms with Gasteiger partial charge in [0.2, 0.25) is 11.8 Å². The second-order valence-corrected chi connectivity index (χ2v) is 5.07. The quantitative estimate of drug-likeness (QED) is 0.737. The maximum Gasteiger partial charge on any atom is 0.242 e. The molecule has 1 atom stereocenters. The fraction of sp³-hybridized carbons (Fsp3) is 0.133. The molecule has 1 saturated heterocycles. The van der Waals surface area contributed by atoms with Crippen LogP contribution in [-0.2, 0) is 15.0 Å². The minimum Gasteiger partial charge on any atom is -0.295 e. The van der Waals surface area contributed by atoms with Gasteiger partial charge in [0.1, 0.15) is 11.2 Å². The molecule has 1 spiro atoms. The second kappa shape index (κ2) is 3.50. The number of carbonyl (C=O) groups is 2. The Morgan fingerprint density at radius 2 is 1.95 bits per heavy atom. The van der Waals surface area contributed by atoms with Crippen LogP contribution in [0.15, 0.2) is 36.7 Å². The van der Waals surface area contributed by atoms with Crippen LogP contribution in [0.4, 0.5) is 4.39 Å². The first-order valence-electron chi connectivity index (χ1n) is 6.22. The molecule has 98 valence electrons. The average Bonchev–Trinajstić information content (AvgIpc) is 2.88. The van der Waals surface area contributed by atoms with E-state index in [9.17, 15) is 14.0 Å². The van der Waals surface area contributed by atoms with Crippen molar-refractivity contribution in [3.05, 3.63) is 53.6 Å². The van der Waals surface area contributed by atoms with Crippen molar-refractivity contribution < 1.29 is 14.0 Å². The van der Waals surface area contributed by atoms with E-state index in [4.69, 9.17) is 0 Å². The van der Waals surface area contributed by atoms with Gasteiger partial charge in [0.05, 0.1) is 0 Å². The number of benzene rings is 1. The van der Waals surface area contributed by atoms with Crippen LogP contribution in [0.25, 0.3) is 11.1 Å². The van der Waals surface area contributed by atoms with Crippen LogP contribution in [0.3, 0.4) is 0 Å². The Kier molecular flexibility index (Phi) is 1.98. The van der Waals surface area contributed by atoms with Crippen molar-refractivity contribution in [1.29, 1.82) is 0 Å². The Bertz CT molecular complexity index is 787. The molecule has 2 heterocycles. The lowest BCUT2D eigenvalue weighted by atomic mass is 9.77. The highest BCUT2D eigenvalue weighted by Gasteiger charge is 2.55. The Morgan fingerprint density at radius 3 is 2.70 bits per heavy atom. The number of fused-ring (bicyclic) bond motifs is 5. The lowest BCUT2D eigenvalue weighted by Crippen LogP contribution is -2.35. The van der Waals surface area contributed by atoms with E-state index in [1.165, 1.54) is 12.1 Å². The fourth-order valence-corrected chi connectivity index (χ4v) is 3.25. The highest BCUT2D eigenvalue weighted by molar-refractivity contribution is 6.14. The zero-order chi connectivity index (χ0) is 13.9. The largest absolute Gasteiger partial charge is 0.295 e. The maximum absolute atomic E-state index is 13.6. The van der Waals surface area contributed by atoms with E-state index in [2.05, 4.69) is 10.3 Å². The topological polar surface area (TPSA) is 59.1 Å². The molecule has 4 nitrogen and oxygen atoms in total. The maximum atomic E-state index is 13.6. The van der Waals surface area contributed by atoms with Gasteiger partial charge >= 0.3 is 0 Å². The second-order valence-electron chi connectivity index (χ2n) is 5.07. The number of hydrogen-bond donors (Lipinski definition) is 1. The molecular weight excluding hydrogens is 259 g/mol. The van der Waals surface area contributed by atoms with Gasteiger partial charge in [-0.05, 0) is 40.5 Å². The fourth-order valence-electron chi connectivity index (χ4n) is 3.25. The molecule has 1 aromatic carbocycles. The van der Waals surface area contributed by atoms with E-state index in [-0.39, 0.29) is 12.3 Å². The number of nitrogens with one attached hydrogen (secondary N) is 1. The predicted molar refractivity (Wildman–Crippen MR) is 68.2 cm³/mol. The van der Waals surface area contributed by atoms with Gasteiger partial charge in [0.15, 0.2) is 0 Å². The van der Waals surface area contributed by atoms with Crippen molar-refractivity contribution in [3.8, 4) is 11.1 Å². The van der Waals surface area contributed by atoms with Gasteiger partial charge in [-0.2, -0.15) is 0 Å². The van der Waals surface area contributed by atoms with Gasteiger partial charge < -0.3 is 0 Å². The summed E-state index contributed by atoms with van der Waals surface area (Å²) in [6.45, 7) is 0. The standard InChI is InChI=1S/C15H9FN2O2/c16-8-1-2-9-10-3-4-17-7-12(10)15(11(9)5-8)6-13(19)18-14(15)20/h1-5,7H,6H2,(H,18,19,20). The summed E-state index contributed by atoms with van der Waals surface area (Å²) in [4.78, 5) is 28.1. The molecule has 5 heteroatoms. The average molecular weight is 268 g/mol. The van der Waals surface area contributed by atoms with Crippen molar-refractivity contribution in [3.63, 3.8) is 0 Å². The normalized spacial score (nSPS) is 22.9. The Balaban J connectivity index is 2.12. The van der Waals surface area contributed by atoms with E-state index in [1.54, 1.807) is 24.5 Å². The van der Waals surface area contributed by atoms with E-state index in [0.717, 1.165) is 11.1 Å². The van der Waals surface area contributed by atoms with E-state index in [1.807, 2.05) is 0 Å². The first-order valence-corrected chi connectivity index (χ1v) is 6.22. The van der Waals surface area contributed by atoms with E-state index in [0.29, 0.717) is 11.1 Å². The zero-order valence-corrected chi connectivity index (χ0v) is 10.3. The number of hydrogen-bond acceptors (Lipinski definition) is 3. The van der Waals surface area contributed by atoms with Crippen LogP contribution in [0, 0.1) is 5.82 Å². The van der Waals surface area contributed by atoms with Crippen molar-refractivity contribution >= 4 is 11.8 Å². The molecule has 1 unspecified atom stereocenters. The third kappa shape index (κ3) is 1.17. The van der Waals surface area contributed by atoms with Crippen LogP contribution < -0.4 is 5.32 Å². The lowest BCUT2D eigenvalue weighted by molar-refractivity contribution is -0.125. The number of halogens is 1. The first-order chi connectivity index (χ1) is 9.63. The molecule has 1 aliphatic heterocycles. The van der Waals surface area contributed by atoms with Gasteiger partial charge in [0.25, 0.3) is 0 Å². The minimum absolute atomic E-state index is 0.000972. The molecule has 0 saturated carbocycles. The zero-order valence-electron chi connectivity index (χ0n) is 10.3.